The summed E-state index contributed by atoms with van der Waals surface area (Å²) in [6.45, 7) is 2.97. The highest BCUT2D eigenvalue weighted by Gasteiger charge is 2.53. The average Bonchev–Trinajstić information content (AvgIpc) is 3.15. The molecule has 2 aliphatic rings. The predicted octanol–water partition coefficient (Wildman–Crippen LogP) is 3.73. The van der Waals surface area contributed by atoms with Crippen LogP contribution in [0.3, 0.4) is 0 Å². The molecule has 1 spiro atoms. The molecule has 8 heteroatoms. The maximum Gasteiger partial charge on any atom is 0.339 e. The molecule has 192 valence electrons. The van der Waals surface area contributed by atoms with Gasteiger partial charge in [-0.25, -0.2) is 13.6 Å². The van der Waals surface area contributed by atoms with Gasteiger partial charge in [0.25, 0.3) is 0 Å². The molecule has 0 bridgehead atoms. The number of hydrogen-bond donors (Lipinski definition) is 3. The zero-order valence-corrected chi connectivity index (χ0v) is 20.4. The van der Waals surface area contributed by atoms with Gasteiger partial charge in [0.1, 0.15) is 12.2 Å². The summed E-state index contributed by atoms with van der Waals surface area (Å²) in [5.41, 5.74) is 4.46. The maximum atomic E-state index is 14.3. The number of benzene rings is 3. The Hall–Kier alpha value is -3.62. The highest BCUT2D eigenvalue weighted by molar-refractivity contribution is 5.95. The van der Waals surface area contributed by atoms with Gasteiger partial charge in [-0.1, -0.05) is 42.5 Å². The average molecular weight is 507 g/mol. The zero-order valence-electron chi connectivity index (χ0n) is 20.4. The standard InChI is InChI=1S/C29H28F2N2O4/c1-17-12-19(21-5-3-2-4-18(21)8-10-33-27(35)16-34)6-7-20(17)24-15-32-11-9-29(24)23-14-26(31)25(30)13-22(23)28(36)37-29/h2-7,12-14,24,32,34H,8-11,15-16H2,1H3,(H,33,35). The van der Waals surface area contributed by atoms with Crippen LogP contribution < -0.4 is 10.6 Å². The van der Waals surface area contributed by atoms with Gasteiger partial charge in [0.2, 0.25) is 5.91 Å². The van der Waals surface area contributed by atoms with Crippen molar-refractivity contribution in [3.8, 4) is 11.1 Å². The normalized spacial score (nSPS) is 20.5. The van der Waals surface area contributed by atoms with E-state index in [0.29, 0.717) is 38.0 Å². The molecular formula is C29H28F2N2O4. The fraction of sp³-hybridized carbons (Fsp3) is 0.310. The van der Waals surface area contributed by atoms with E-state index in [1.807, 2.05) is 43.3 Å². The van der Waals surface area contributed by atoms with Crippen LogP contribution in [-0.2, 0) is 21.6 Å². The number of esters is 1. The molecule has 1 saturated heterocycles. The minimum absolute atomic E-state index is 0.0855. The van der Waals surface area contributed by atoms with Gasteiger partial charge in [0.15, 0.2) is 11.6 Å². The van der Waals surface area contributed by atoms with E-state index >= 15 is 0 Å². The molecule has 6 nitrogen and oxygen atoms in total. The second kappa shape index (κ2) is 10.0. The number of piperidine rings is 1. The Balaban J connectivity index is 1.49. The smallest absolute Gasteiger partial charge is 0.339 e. The number of halogens is 2. The first kappa shape index (κ1) is 25.0. The third-order valence-corrected chi connectivity index (χ3v) is 7.43. The van der Waals surface area contributed by atoms with Gasteiger partial charge in [-0.05, 0) is 59.8 Å². The van der Waals surface area contributed by atoms with Crippen molar-refractivity contribution >= 4 is 11.9 Å². The van der Waals surface area contributed by atoms with Crippen molar-refractivity contribution in [2.24, 2.45) is 0 Å². The van der Waals surface area contributed by atoms with Gasteiger partial charge in [-0.3, -0.25) is 4.79 Å². The highest BCUT2D eigenvalue weighted by atomic mass is 19.2. The Morgan fingerprint density at radius 3 is 2.70 bits per heavy atom. The zero-order chi connectivity index (χ0) is 26.2. The number of hydrogen-bond acceptors (Lipinski definition) is 5. The first-order chi connectivity index (χ1) is 17.8. The Kier molecular flexibility index (Phi) is 6.79. The molecule has 5 rings (SSSR count). The topological polar surface area (TPSA) is 87.7 Å². The lowest BCUT2D eigenvalue weighted by Crippen LogP contribution is -2.47. The molecule has 2 unspecified atom stereocenters. The Labute approximate surface area is 213 Å². The van der Waals surface area contributed by atoms with Crippen LogP contribution in [0.25, 0.3) is 11.1 Å². The molecule has 0 radical (unpaired) electrons. The van der Waals surface area contributed by atoms with Crippen LogP contribution in [0, 0.1) is 18.6 Å². The summed E-state index contributed by atoms with van der Waals surface area (Å²) in [6.07, 6.45) is 1.05. The first-order valence-electron chi connectivity index (χ1n) is 12.3. The molecule has 2 heterocycles. The van der Waals surface area contributed by atoms with Crippen molar-refractivity contribution in [3.05, 3.63) is 94.0 Å². The largest absolute Gasteiger partial charge is 0.450 e. The van der Waals surface area contributed by atoms with Gasteiger partial charge in [0.05, 0.1) is 5.56 Å². The van der Waals surface area contributed by atoms with Crippen molar-refractivity contribution in [2.75, 3.05) is 26.2 Å². The molecule has 0 aromatic heterocycles. The molecule has 2 atom stereocenters. The number of aliphatic hydroxyl groups is 1. The number of rotatable bonds is 6. The molecule has 3 aromatic rings. The van der Waals surface area contributed by atoms with Crippen molar-refractivity contribution in [3.63, 3.8) is 0 Å². The fourth-order valence-corrected chi connectivity index (χ4v) is 5.65. The summed E-state index contributed by atoms with van der Waals surface area (Å²) >= 11 is 0. The summed E-state index contributed by atoms with van der Waals surface area (Å²) < 4.78 is 34.2. The summed E-state index contributed by atoms with van der Waals surface area (Å²) in [5.74, 6) is -3.38. The van der Waals surface area contributed by atoms with Crippen LogP contribution in [0.4, 0.5) is 8.78 Å². The monoisotopic (exact) mass is 506 g/mol. The predicted molar refractivity (Wildman–Crippen MR) is 134 cm³/mol. The van der Waals surface area contributed by atoms with E-state index in [1.165, 1.54) is 0 Å². The molecule has 0 saturated carbocycles. The Morgan fingerprint density at radius 1 is 1.14 bits per heavy atom. The number of ether oxygens (including phenoxy) is 1. The third kappa shape index (κ3) is 4.51. The van der Waals surface area contributed by atoms with Crippen LogP contribution in [0.1, 0.15) is 45.0 Å². The molecule has 2 aliphatic heterocycles. The van der Waals surface area contributed by atoms with E-state index in [0.717, 1.165) is 39.9 Å². The molecule has 1 fully saturated rings. The maximum absolute atomic E-state index is 14.3. The summed E-state index contributed by atoms with van der Waals surface area (Å²) in [4.78, 5) is 24.1. The quantitative estimate of drug-likeness (QED) is 0.444. The summed E-state index contributed by atoms with van der Waals surface area (Å²) in [7, 11) is 0. The minimum Gasteiger partial charge on any atom is -0.450 e. The van der Waals surface area contributed by atoms with Gasteiger partial charge < -0.3 is 20.5 Å². The van der Waals surface area contributed by atoms with E-state index in [-0.39, 0.29) is 11.5 Å². The van der Waals surface area contributed by atoms with Crippen LogP contribution in [0.15, 0.2) is 54.6 Å². The fourth-order valence-electron chi connectivity index (χ4n) is 5.65. The van der Waals surface area contributed by atoms with E-state index in [1.54, 1.807) is 0 Å². The number of aryl methyl sites for hydroxylation is 1. The number of fused-ring (bicyclic) bond motifs is 2. The number of aliphatic hydroxyl groups excluding tert-OH is 1. The minimum atomic E-state index is -1.07. The van der Waals surface area contributed by atoms with Gasteiger partial charge >= 0.3 is 5.97 Å². The highest BCUT2D eigenvalue weighted by Crippen LogP contribution is 2.51. The molecule has 37 heavy (non-hydrogen) atoms. The van der Waals surface area contributed by atoms with Gasteiger partial charge in [-0.15, -0.1) is 0 Å². The van der Waals surface area contributed by atoms with Crippen LogP contribution in [-0.4, -0.2) is 43.2 Å². The van der Waals surface area contributed by atoms with Crippen LogP contribution in [0.2, 0.25) is 0 Å². The molecular weight excluding hydrogens is 478 g/mol. The number of nitrogens with one attached hydrogen (secondary N) is 2. The number of amides is 1. The van der Waals surface area contributed by atoms with Crippen molar-refractivity contribution in [1.29, 1.82) is 0 Å². The Bertz CT molecular complexity index is 1380. The summed E-state index contributed by atoms with van der Waals surface area (Å²) in [6, 6.07) is 16.1. The number of carbonyl (C=O) groups excluding carboxylic acids is 2. The van der Waals surface area contributed by atoms with E-state index in [4.69, 9.17) is 9.84 Å². The molecule has 0 aliphatic carbocycles. The van der Waals surface area contributed by atoms with Crippen molar-refractivity contribution in [1.82, 2.24) is 10.6 Å². The van der Waals surface area contributed by atoms with Crippen molar-refractivity contribution in [2.45, 2.75) is 31.3 Å². The number of carbonyl (C=O) groups is 2. The third-order valence-electron chi connectivity index (χ3n) is 7.43. The second-order valence-electron chi connectivity index (χ2n) is 9.58. The van der Waals surface area contributed by atoms with Crippen LogP contribution >= 0.6 is 0 Å². The lowest BCUT2D eigenvalue weighted by Gasteiger charge is -2.41. The lowest BCUT2D eigenvalue weighted by molar-refractivity contribution is -0.123. The van der Waals surface area contributed by atoms with Gasteiger partial charge in [0, 0.05) is 31.0 Å². The van der Waals surface area contributed by atoms with E-state index in [2.05, 4.69) is 16.7 Å². The van der Waals surface area contributed by atoms with Crippen molar-refractivity contribution < 1.29 is 28.2 Å². The Morgan fingerprint density at radius 2 is 1.92 bits per heavy atom. The van der Waals surface area contributed by atoms with E-state index in [9.17, 15) is 18.4 Å². The van der Waals surface area contributed by atoms with Gasteiger partial charge in [-0.2, -0.15) is 0 Å². The lowest BCUT2D eigenvalue weighted by atomic mass is 9.72. The van der Waals surface area contributed by atoms with Crippen LogP contribution in [0.5, 0.6) is 0 Å². The molecule has 3 aromatic carbocycles. The second-order valence-corrected chi connectivity index (χ2v) is 9.58. The summed E-state index contributed by atoms with van der Waals surface area (Å²) in [5, 5.41) is 15.0. The first-order valence-corrected chi connectivity index (χ1v) is 12.3. The van der Waals surface area contributed by atoms with E-state index < -0.39 is 35.7 Å². The SMILES string of the molecule is Cc1cc(-c2ccccc2CCNC(=O)CO)ccc1C1CNCCC12OC(=O)c1cc(F)c(F)cc12. The molecule has 3 N–H and O–H groups in total. The molecule has 1 amide bonds.